The summed E-state index contributed by atoms with van der Waals surface area (Å²) in [6, 6.07) is 12.1. The number of nitrogens with one attached hydrogen (secondary N) is 1. The first-order valence-electron chi connectivity index (χ1n) is 10.7. The molecule has 3 N–H and O–H groups in total. The average Bonchev–Trinajstić information content (AvgIpc) is 2.75. The number of nitrogens with zero attached hydrogens (tertiary/aromatic N) is 2. The van der Waals surface area contributed by atoms with E-state index in [0.29, 0.717) is 23.5 Å². The van der Waals surface area contributed by atoms with Gasteiger partial charge in [-0.2, -0.15) is 0 Å². The van der Waals surface area contributed by atoms with Gasteiger partial charge < -0.3 is 20.7 Å². The summed E-state index contributed by atoms with van der Waals surface area (Å²) in [6.07, 6.45) is -0.751. The monoisotopic (exact) mass is 452 g/mol. The van der Waals surface area contributed by atoms with Crippen molar-refractivity contribution < 1.29 is 23.9 Å². The lowest BCUT2D eigenvalue weighted by atomic mass is 9.99. The lowest BCUT2D eigenvalue weighted by Gasteiger charge is -2.40. The van der Waals surface area contributed by atoms with Crippen LogP contribution in [0.2, 0.25) is 0 Å². The standard InChI is InChI=1S/C24H28N4O5/c1-14(2)33-24(32)27-13-15(3)28(16(4)29)20-10-9-19(11-21(20)27)17-5-7-18(8-6-17)23(31)26-12-22(25)30/h5-11,14-15H,12-13H2,1-4H3,(H2,25,30)(H,26,31)/t15-/m0/s1. The maximum atomic E-state index is 12.8. The van der Waals surface area contributed by atoms with Gasteiger partial charge in [0, 0.05) is 19.0 Å². The SMILES string of the molecule is CC(=O)N1c2ccc(-c3ccc(C(=O)NCC(N)=O)cc3)cc2N(C(=O)OC(C)C)C[C@@H]1C. The molecule has 9 heteroatoms. The van der Waals surface area contributed by atoms with Crippen LogP contribution in [-0.2, 0) is 14.3 Å². The summed E-state index contributed by atoms with van der Waals surface area (Å²) in [5.74, 6) is -1.14. The number of fused-ring (bicyclic) bond motifs is 1. The number of rotatable bonds is 5. The van der Waals surface area contributed by atoms with Gasteiger partial charge in [-0.25, -0.2) is 4.79 Å². The van der Waals surface area contributed by atoms with Gasteiger partial charge in [-0.15, -0.1) is 0 Å². The van der Waals surface area contributed by atoms with Crippen LogP contribution in [0.4, 0.5) is 16.2 Å². The molecule has 0 fully saturated rings. The molecule has 174 valence electrons. The first-order chi connectivity index (χ1) is 15.6. The van der Waals surface area contributed by atoms with E-state index >= 15 is 0 Å². The quantitative estimate of drug-likeness (QED) is 0.722. The Morgan fingerprint density at radius 2 is 1.70 bits per heavy atom. The highest BCUT2D eigenvalue weighted by molar-refractivity contribution is 6.03. The zero-order chi connectivity index (χ0) is 24.3. The van der Waals surface area contributed by atoms with Crippen molar-refractivity contribution in [2.24, 2.45) is 5.73 Å². The summed E-state index contributed by atoms with van der Waals surface area (Å²) in [5, 5.41) is 2.44. The molecule has 33 heavy (non-hydrogen) atoms. The smallest absolute Gasteiger partial charge is 0.414 e. The number of hydrogen-bond acceptors (Lipinski definition) is 5. The second kappa shape index (κ2) is 9.72. The van der Waals surface area contributed by atoms with Gasteiger partial charge in [-0.1, -0.05) is 18.2 Å². The van der Waals surface area contributed by atoms with Crippen molar-refractivity contribution >= 4 is 35.2 Å². The summed E-state index contributed by atoms with van der Waals surface area (Å²) in [4.78, 5) is 51.3. The predicted molar refractivity (Wildman–Crippen MR) is 125 cm³/mol. The molecular formula is C24H28N4O5. The molecule has 3 rings (SSSR count). The Bertz CT molecular complexity index is 1080. The minimum atomic E-state index is -0.622. The highest BCUT2D eigenvalue weighted by Gasteiger charge is 2.34. The Morgan fingerprint density at radius 1 is 1.06 bits per heavy atom. The minimum Gasteiger partial charge on any atom is -0.446 e. The van der Waals surface area contributed by atoms with Crippen LogP contribution < -0.4 is 20.9 Å². The molecule has 1 aliphatic heterocycles. The molecule has 0 saturated carbocycles. The highest BCUT2D eigenvalue weighted by atomic mass is 16.6. The average molecular weight is 453 g/mol. The van der Waals surface area contributed by atoms with E-state index < -0.39 is 17.9 Å². The maximum Gasteiger partial charge on any atom is 0.414 e. The molecule has 0 unspecified atom stereocenters. The van der Waals surface area contributed by atoms with Crippen LogP contribution in [0.15, 0.2) is 42.5 Å². The molecular weight excluding hydrogens is 424 g/mol. The first-order valence-corrected chi connectivity index (χ1v) is 10.7. The largest absolute Gasteiger partial charge is 0.446 e. The second-order valence-corrected chi connectivity index (χ2v) is 8.21. The van der Waals surface area contributed by atoms with E-state index in [1.54, 1.807) is 47.9 Å². The lowest BCUT2D eigenvalue weighted by Crippen LogP contribution is -2.51. The van der Waals surface area contributed by atoms with Gasteiger partial charge in [0.1, 0.15) is 0 Å². The Hall–Kier alpha value is -3.88. The fourth-order valence-electron chi connectivity index (χ4n) is 3.81. The predicted octanol–water partition coefficient (Wildman–Crippen LogP) is 2.68. The van der Waals surface area contributed by atoms with E-state index in [1.165, 1.54) is 6.92 Å². The number of primary amides is 1. The van der Waals surface area contributed by atoms with Gasteiger partial charge in [-0.3, -0.25) is 19.3 Å². The molecule has 0 aliphatic carbocycles. The molecule has 0 saturated heterocycles. The molecule has 1 aliphatic rings. The fourth-order valence-corrected chi connectivity index (χ4v) is 3.81. The number of nitrogens with two attached hydrogens (primary N) is 1. The van der Waals surface area contributed by atoms with Gasteiger partial charge in [-0.05, 0) is 56.2 Å². The maximum absolute atomic E-state index is 12.8. The molecule has 2 aromatic carbocycles. The summed E-state index contributed by atoms with van der Waals surface area (Å²) in [5.41, 5.74) is 8.27. The third-order valence-electron chi connectivity index (χ3n) is 5.21. The van der Waals surface area contributed by atoms with Gasteiger partial charge in [0.2, 0.25) is 11.8 Å². The molecule has 2 aromatic rings. The summed E-state index contributed by atoms with van der Waals surface area (Å²) < 4.78 is 5.42. The molecule has 1 heterocycles. The van der Waals surface area contributed by atoms with Crippen LogP contribution in [0.3, 0.4) is 0 Å². The number of ether oxygens (including phenoxy) is 1. The van der Waals surface area contributed by atoms with Crippen LogP contribution in [0.5, 0.6) is 0 Å². The fraction of sp³-hybridized carbons (Fsp3) is 0.333. The molecule has 4 amide bonds. The third kappa shape index (κ3) is 5.31. The molecule has 0 spiro atoms. The molecule has 0 aromatic heterocycles. The van der Waals surface area contributed by atoms with Crippen molar-refractivity contribution in [3.8, 4) is 11.1 Å². The zero-order valence-corrected chi connectivity index (χ0v) is 19.1. The Kier molecular flexibility index (Phi) is 7.01. The van der Waals surface area contributed by atoms with E-state index in [1.807, 2.05) is 25.1 Å². The number of benzene rings is 2. The van der Waals surface area contributed by atoms with Crippen molar-refractivity contribution in [3.05, 3.63) is 48.0 Å². The number of anilines is 2. The number of carbonyl (C=O) groups is 4. The zero-order valence-electron chi connectivity index (χ0n) is 19.1. The highest BCUT2D eigenvalue weighted by Crippen LogP contribution is 2.39. The van der Waals surface area contributed by atoms with Gasteiger partial charge in [0.05, 0.1) is 30.1 Å². The lowest BCUT2D eigenvalue weighted by molar-refractivity contribution is -0.117. The topological polar surface area (TPSA) is 122 Å². The second-order valence-electron chi connectivity index (χ2n) is 8.21. The third-order valence-corrected chi connectivity index (χ3v) is 5.21. The summed E-state index contributed by atoms with van der Waals surface area (Å²) in [7, 11) is 0. The Morgan fingerprint density at radius 3 is 2.27 bits per heavy atom. The van der Waals surface area contributed by atoms with Gasteiger partial charge >= 0.3 is 6.09 Å². The van der Waals surface area contributed by atoms with Crippen molar-refractivity contribution in [1.82, 2.24) is 5.32 Å². The molecule has 0 radical (unpaired) electrons. The van der Waals surface area contributed by atoms with E-state index in [9.17, 15) is 19.2 Å². The minimum absolute atomic E-state index is 0.111. The van der Waals surface area contributed by atoms with Crippen molar-refractivity contribution in [2.45, 2.75) is 39.8 Å². The van der Waals surface area contributed by atoms with E-state index in [4.69, 9.17) is 10.5 Å². The Balaban J connectivity index is 1.96. The van der Waals surface area contributed by atoms with E-state index in [-0.39, 0.29) is 24.6 Å². The van der Waals surface area contributed by atoms with Crippen LogP contribution in [0, 0.1) is 0 Å². The molecule has 1 atom stereocenters. The number of carbonyl (C=O) groups excluding carboxylic acids is 4. The normalized spacial score (nSPS) is 15.1. The van der Waals surface area contributed by atoms with E-state index in [2.05, 4.69) is 5.32 Å². The molecule has 0 bridgehead atoms. The van der Waals surface area contributed by atoms with Crippen LogP contribution in [0.25, 0.3) is 11.1 Å². The summed E-state index contributed by atoms with van der Waals surface area (Å²) in [6.45, 7) is 7.02. The van der Waals surface area contributed by atoms with Crippen LogP contribution in [-0.4, -0.2) is 49.1 Å². The van der Waals surface area contributed by atoms with E-state index in [0.717, 1.165) is 11.1 Å². The Labute approximate surface area is 192 Å². The van der Waals surface area contributed by atoms with Crippen molar-refractivity contribution in [3.63, 3.8) is 0 Å². The summed E-state index contributed by atoms with van der Waals surface area (Å²) >= 11 is 0. The molecule has 9 nitrogen and oxygen atoms in total. The van der Waals surface area contributed by atoms with Gasteiger partial charge in [0.25, 0.3) is 5.91 Å². The van der Waals surface area contributed by atoms with Crippen molar-refractivity contribution in [2.75, 3.05) is 22.9 Å². The van der Waals surface area contributed by atoms with Crippen LogP contribution >= 0.6 is 0 Å². The van der Waals surface area contributed by atoms with Crippen molar-refractivity contribution in [1.29, 1.82) is 0 Å². The number of hydrogen-bond donors (Lipinski definition) is 2. The van der Waals surface area contributed by atoms with Crippen LogP contribution in [0.1, 0.15) is 38.1 Å². The van der Waals surface area contributed by atoms with Gasteiger partial charge in [0.15, 0.2) is 0 Å². The number of amides is 4. The first kappa shape index (κ1) is 23.8.